The number of nitrogens with zero attached hydrogens (tertiary/aromatic N) is 1. The van der Waals surface area contributed by atoms with Crippen molar-refractivity contribution in [2.75, 3.05) is 5.73 Å². The fourth-order valence-corrected chi connectivity index (χ4v) is 1.94. The molecule has 4 heteroatoms. The standard InChI is InChI=1S/C14H11BrN2O/c15-12-5-6-14(13(17)7-12)18-9-11-4-2-1-3-10(11)8-16/h1-7H,9,17H2. The molecule has 0 aliphatic carbocycles. The maximum atomic E-state index is 8.97. The Hall–Kier alpha value is -1.99. The monoisotopic (exact) mass is 302 g/mol. The number of hydrogen-bond donors (Lipinski definition) is 1. The van der Waals surface area contributed by atoms with Crippen molar-refractivity contribution in [2.45, 2.75) is 6.61 Å². The SMILES string of the molecule is N#Cc1ccccc1COc1ccc(Br)cc1N. The van der Waals surface area contributed by atoms with Gasteiger partial charge < -0.3 is 10.5 Å². The van der Waals surface area contributed by atoms with E-state index in [2.05, 4.69) is 22.0 Å². The van der Waals surface area contributed by atoms with Gasteiger partial charge in [0.2, 0.25) is 0 Å². The second kappa shape index (κ2) is 5.56. The molecule has 2 aromatic rings. The van der Waals surface area contributed by atoms with Crippen LogP contribution in [-0.2, 0) is 6.61 Å². The van der Waals surface area contributed by atoms with Crippen molar-refractivity contribution in [3.63, 3.8) is 0 Å². The van der Waals surface area contributed by atoms with Crippen LogP contribution in [0, 0.1) is 11.3 Å². The first-order valence-electron chi connectivity index (χ1n) is 5.36. The van der Waals surface area contributed by atoms with Crippen LogP contribution in [0.4, 0.5) is 5.69 Å². The minimum absolute atomic E-state index is 0.329. The molecule has 0 amide bonds. The van der Waals surface area contributed by atoms with Crippen molar-refractivity contribution in [3.8, 4) is 11.8 Å². The van der Waals surface area contributed by atoms with Gasteiger partial charge in [-0.05, 0) is 24.3 Å². The topological polar surface area (TPSA) is 59.0 Å². The number of halogens is 1. The van der Waals surface area contributed by atoms with Crippen LogP contribution in [0.25, 0.3) is 0 Å². The fraction of sp³-hybridized carbons (Fsp3) is 0.0714. The summed E-state index contributed by atoms with van der Waals surface area (Å²) >= 11 is 3.34. The number of anilines is 1. The minimum atomic E-state index is 0.329. The van der Waals surface area contributed by atoms with Gasteiger partial charge in [0.05, 0.1) is 17.3 Å². The Morgan fingerprint density at radius 2 is 2.00 bits per heavy atom. The van der Waals surface area contributed by atoms with E-state index in [0.717, 1.165) is 10.0 Å². The van der Waals surface area contributed by atoms with E-state index >= 15 is 0 Å². The Kier molecular flexibility index (Phi) is 3.85. The Balaban J connectivity index is 2.14. The molecular formula is C14H11BrN2O. The molecule has 0 atom stereocenters. The van der Waals surface area contributed by atoms with Gasteiger partial charge in [-0.3, -0.25) is 0 Å². The summed E-state index contributed by atoms with van der Waals surface area (Å²) in [5, 5.41) is 8.97. The summed E-state index contributed by atoms with van der Waals surface area (Å²) in [5.41, 5.74) is 7.87. The summed E-state index contributed by atoms with van der Waals surface area (Å²) in [6, 6.07) is 14.9. The van der Waals surface area contributed by atoms with Crippen LogP contribution in [-0.4, -0.2) is 0 Å². The molecule has 0 saturated heterocycles. The summed E-state index contributed by atoms with van der Waals surface area (Å²) in [4.78, 5) is 0. The molecule has 0 heterocycles. The molecule has 0 aromatic heterocycles. The fourth-order valence-electron chi connectivity index (χ4n) is 1.56. The highest BCUT2D eigenvalue weighted by Crippen LogP contribution is 2.26. The minimum Gasteiger partial charge on any atom is -0.487 e. The Morgan fingerprint density at radius 1 is 1.22 bits per heavy atom. The van der Waals surface area contributed by atoms with Crippen molar-refractivity contribution in [2.24, 2.45) is 0 Å². The van der Waals surface area contributed by atoms with Gasteiger partial charge in [-0.25, -0.2) is 0 Å². The van der Waals surface area contributed by atoms with Crippen molar-refractivity contribution in [3.05, 3.63) is 58.1 Å². The van der Waals surface area contributed by atoms with Gasteiger partial charge in [-0.2, -0.15) is 5.26 Å². The summed E-state index contributed by atoms with van der Waals surface area (Å²) < 4.78 is 6.53. The third-order valence-electron chi connectivity index (χ3n) is 2.49. The van der Waals surface area contributed by atoms with Crippen molar-refractivity contribution >= 4 is 21.6 Å². The average molecular weight is 303 g/mol. The van der Waals surface area contributed by atoms with Gasteiger partial charge in [0, 0.05) is 10.0 Å². The molecule has 0 radical (unpaired) electrons. The maximum Gasteiger partial charge on any atom is 0.142 e. The zero-order valence-electron chi connectivity index (χ0n) is 9.56. The molecule has 0 aliphatic rings. The smallest absolute Gasteiger partial charge is 0.142 e. The van der Waals surface area contributed by atoms with Crippen LogP contribution in [0.15, 0.2) is 46.9 Å². The molecule has 0 bridgehead atoms. The molecule has 2 aromatic carbocycles. The molecule has 0 aliphatic heterocycles. The lowest BCUT2D eigenvalue weighted by molar-refractivity contribution is 0.307. The number of ether oxygens (including phenoxy) is 1. The van der Waals surface area contributed by atoms with Crippen LogP contribution in [0.5, 0.6) is 5.75 Å². The molecule has 90 valence electrons. The lowest BCUT2D eigenvalue weighted by Gasteiger charge is -2.10. The number of nitriles is 1. The second-order valence-electron chi connectivity index (χ2n) is 3.74. The van der Waals surface area contributed by atoms with E-state index in [-0.39, 0.29) is 0 Å². The van der Waals surface area contributed by atoms with E-state index in [9.17, 15) is 0 Å². The van der Waals surface area contributed by atoms with E-state index in [0.29, 0.717) is 23.6 Å². The van der Waals surface area contributed by atoms with Crippen molar-refractivity contribution in [1.82, 2.24) is 0 Å². The number of nitrogen functional groups attached to an aromatic ring is 1. The lowest BCUT2D eigenvalue weighted by Crippen LogP contribution is -2.00. The molecule has 0 saturated carbocycles. The first-order chi connectivity index (χ1) is 8.70. The number of hydrogen-bond acceptors (Lipinski definition) is 3. The van der Waals surface area contributed by atoms with Crippen LogP contribution >= 0.6 is 15.9 Å². The van der Waals surface area contributed by atoms with Crippen LogP contribution in [0.2, 0.25) is 0 Å². The van der Waals surface area contributed by atoms with E-state index < -0.39 is 0 Å². The first kappa shape index (κ1) is 12.5. The van der Waals surface area contributed by atoms with E-state index in [1.54, 1.807) is 18.2 Å². The van der Waals surface area contributed by atoms with Gasteiger partial charge in [-0.15, -0.1) is 0 Å². The Labute approximate surface area is 114 Å². The molecular weight excluding hydrogens is 292 g/mol. The third kappa shape index (κ3) is 2.82. The molecule has 18 heavy (non-hydrogen) atoms. The molecule has 2 rings (SSSR count). The Morgan fingerprint density at radius 3 is 2.72 bits per heavy atom. The van der Waals surface area contributed by atoms with E-state index in [1.807, 2.05) is 24.3 Å². The van der Waals surface area contributed by atoms with E-state index in [4.69, 9.17) is 15.7 Å². The van der Waals surface area contributed by atoms with Gasteiger partial charge in [0.1, 0.15) is 12.4 Å². The molecule has 0 unspecified atom stereocenters. The summed E-state index contributed by atoms with van der Waals surface area (Å²) in [6.45, 7) is 0.329. The second-order valence-corrected chi connectivity index (χ2v) is 4.66. The highest BCUT2D eigenvalue weighted by atomic mass is 79.9. The zero-order valence-corrected chi connectivity index (χ0v) is 11.1. The predicted octanol–water partition coefficient (Wildman–Crippen LogP) is 3.48. The molecule has 0 fully saturated rings. The first-order valence-corrected chi connectivity index (χ1v) is 6.16. The molecule has 2 N–H and O–H groups in total. The quantitative estimate of drug-likeness (QED) is 0.883. The predicted molar refractivity (Wildman–Crippen MR) is 74.0 cm³/mol. The number of rotatable bonds is 3. The Bertz CT molecular complexity index is 605. The van der Waals surface area contributed by atoms with E-state index in [1.165, 1.54) is 0 Å². The largest absolute Gasteiger partial charge is 0.487 e. The summed E-state index contributed by atoms with van der Waals surface area (Å²) in [6.07, 6.45) is 0. The zero-order chi connectivity index (χ0) is 13.0. The molecule has 3 nitrogen and oxygen atoms in total. The number of nitrogens with two attached hydrogens (primary N) is 1. The maximum absolute atomic E-state index is 8.97. The van der Waals surface area contributed by atoms with Gasteiger partial charge in [-0.1, -0.05) is 34.1 Å². The number of benzene rings is 2. The van der Waals surface area contributed by atoms with Crippen LogP contribution in [0.3, 0.4) is 0 Å². The average Bonchev–Trinajstić information content (AvgIpc) is 2.38. The third-order valence-corrected chi connectivity index (χ3v) is 2.99. The van der Waals surface area contributed by atoms with Crippen molar-refractivity contribution in [1.29, 1.82) is 5.26 Å². The molecule has 0 spiro atoms. The van der Waals surface area contributed by atoms with Crippen LogP contribution in [0.1, 0.15) is 11.1 Å². The highest BCUT2D eigenvalue weighted by Gasteiger charge is 2.04. The van der Waals surface area contributed by atoms with Gasteiger partial charge in [0.25, 0.3) is 0 Å². The van der Waals surface area contributed by atoms with Crippen LogP contribution < -0.4 is 10.5 Å². The summed E-state index contributed by atoms with van der Waals surface area (Å²) in [5.74, 6) is 0.617. The normalized spacial score (nSPS) is 9.78. The summed E-state index contributed by atoms with van der Waals surface area (Å²) in [7, 11) is 0. The van der Waals surface area contributed by atoms with Crippen molar-refractivity contribution < 1.29 is 4.74 Å². The van der Waals surface area contributed by atoms with Gasteiger partial charge >= 0.3 is 0 Å². The lowest BCUT2D eigenvalue weighted by atomic mass is 10.1. The van der Waals surface area contributed by atoms with Gasteiger partial charge in [0.15, 0.2) is 0 Å². The highest BCUT2D eigenvalue weighted by molar-refractivity contribution is 9.10.